The van der Waals surface area contributed by atoms with Crippen molar-refractivity contribution >= 4 is 11.8 Å². The smallest absolute Gasteiger partial charge is 0.258 e. The molecule has 0 saturated carbocycles. The number of carbonyl (C=O) groups excluding carboxylic acids is 2. The second kappa shape index (κ2) is 4.73. The van der Waals surface area contributed by atoms with E-state index in [4.69, 9.17) is 0 Å². The number of hydrogen-bond acceptors (Lipinski definition) is 2. The molecule has 1 aliphatic rings. The van der Waals surface area contributed by atoms with Crippen molar-refractivity contribution in [1.82, 2.24) is 5.32 Å². The van der Waals surface area contributed by atoms with Crippen LogP contribution in [0.1, 0.15) is 35.3 Å². The summed E-state index contributed by atoms with van der Waals surface area (Å²) in [5, 5.41) is 2.28. The molecule has 0 atom stereocenters. The first-order valence-electron chi connectivity index (χ1n) is 5.10. The van der Waals surface area contributed by atoms with Crippen molar-refractivity contribution in [3.63, 3.8) is 0 Å². The predicted molar refractivity (Wildman–Crippen MR) is 58.7 cm³/mol. The third-order valence-corrected chi connectivity index (χ3v) is 2.11. The average Bonchev–Trinajstić information content (AvgIpc) is 2.22. The summed E-state index contributed by atoms with van der Waals surface area (Å²) in [5.74, 6) is -0.503. The van der Waals surface area contributed by atoms with Gasteiger partial charge in [-0.05, 0) is 18.6 Å². The highest BCUT2D eigenvalue weighted by molar-refractivity contribution is 6.09. The molecule has 1 heterocycles. The van der Waals surface area contributed by atoms with Crippen LogP contribution < -0.4 is 5.32 Å². The van der Waals surface area contributed by atoms with Crippen molar-refractivity contribution in [2.75, 3.05) is 0 Å². The molecule has 15 heavy (non-hydrogen) atoms. The quantitative estimate of drug-likeness (QED) is 0.657. The molecule has 3 nitrogen and oxygen atoms in total. The molecule has 0 spiro atoms. The molecule has 1 aromatic rings. The van der Waals surface area contributed by atoms with Crippen LogP contribution in [-0.2, 0) is 11.2 Å². The maximum Gasteiger partial charge on any atom is 0.258 e. The maximum absolute atomic E-state index is 11.3. The standard InChI is InChI=1S/C10H9NO2.C2H6/c1-6-2-3-7-5-9(12)11-10(13)8(7)4-6;1-2/h2-4H,5H2,1H3,(H,11,12,13);1-2H3. The van der Waals surface area contributed by atoms with E-state index in [9.17, 15) is 9.59 Å². The summed E-state index contributed by atoms with van der Waals surface area (Å²) in [6, 6.07) is 5.54. The summed E-state index contributed by atoms with van der Waals surface area (Å²) >= 11 is 0. The van der Waals surface area contributed by atoms with Crippen molar-refractivity contribution in [2.24, 2.45) is 0 Å². The average molecular weight is 205 g/mol. The van der Waals surface area contributed by atoms with E-state index in [1.807, 2.05) is 32.9 Å². The molecule has 2 amide bonds. The molecule has 1 aromatic carbocycles. The number of imide groups is 1. The molecule has 3 heteroatoms. The van der Waals surface area contributed by atoms with E-state index in [-0.39, 0.29) is 11.8 Å². The van der Waals surface area contributed by atoms with Crippen molar-refractivity contribution in [1.29, 1.82) is 0 Å². The lowest BCUT2D eigenvalue weighted by molar-refractivity contribution is -0.119. The molecule has 0 unspecified atom stereocenters. The fraction of sp³-hybridized carbons (Fsp3) is 0.333. The number of nitrogens with one attached hydrogen (secondary N) is 1. The lowest BCUT2D eigenvalue weighted by Gasteiger charge is -2.15. The second-order valence-corrected chi connectivity index (χ2v) is 3.21. The summed E-state index contributed by atoms with van der Waals surface area (Å²) in [7, 11) is 0. The third kappa shape index (κ3) is 2.43. The van der Waals surface area contributed by atoms with Crippen LogP contribution >= 0.6 is 0 Å². The van der Waals surface area contributed by atoms with Crippen molar-refractivity contribution in [2.45, 2.75) is 27.2 Å². The van der Waals surface area contributed by atoms with E-state index in [1.54, 1.807) is 6.07 Å². The second-order valence-electron chi connectivity index (χ2n) is 3.21. The first kappa shape index (κ1) is 11.4. The molecule has 80 valence electrons. The molecule has 0 saturated heterocycles. The highest BCUT2D eigenvalue weighted by Crippen LogP contribution is 2.15. The minimum Gasteiger partial charge on any atom is -0.292 e. The fourth-order valence-electron chi connectivity index (χ4n) is 1.47. The largest absolute Gasteiger partial charge is 0.292 e. The summed E-state index contributed by atoms with van der Waals surface area (Å²) in [4.78, 5) is 22.3. The molecule has 0 bridgehead atoms. The van der Waals surface area contributed by atoms with E-state index in [2.05, 4.69) is 5.32 Å². The van der Waals surface area contributed by atoms with Crippen LogP contribution in [0, 0.1) is 6.92 Å². The number of fused-ring (bicyclic) bond motifs is 1. The molecular formula is C12H15NO2. The Hall–Kier alpha value is -1.64. The Morgan fingerprint density at radius 3 is 2.53 bits per heavy atom. The van der Waals surface area contributed by atoms with Crippen molar-refractivity contribution in [3.05, 3.63) is 34.9 Å². The van der Waals surface area contributed by atoms with Gasteiger partial charge in [-0.3, -0.25) is 14.9 Å². The van der Waals surface area contributed by atoms with Gasteiger partial charge >= 0.3 is 0 Å². The molecule has 1 aliphatic heterocycles. The maximum atomic E-state index is 11.3. The van der Waals surface area contributed by atoms with Gasteiger partial charge in [0.1, 0.15) is 0 Å². The predicted octanol–water partition coefficient (Wildman–Crippen LogP) is 1.83. The number of hydrogen-bond donors (Lipinski definition) is 1. The Morgan fingerprint density at radius 2 is 1.87 bits per heavy atom. The molecule has 0 radical (unpaired) electrons. The first-order chi connectivity index (χ1) is 7.16. The first-order valence-corrected chi connectivity index (χ1v) is 5.10. The Kier molecular flexibility index (Phi) is 3.61. The van der Waals surface area contributed by atoms with Gasteiger partial charge in [0, 0.05) is 5.56 Å². The monoisotopic (exact) mass is 205 g/mol. The van der Waals surface area contributed by atoms with Gasteiger partial charge in [-0.2, -0.15) is 0 Å². The van der Waals surface area contributed by atoms with Crippen molar-refractivity contribution in [3.8, 4) is 0 Å². The van der Waals surface area contributed by atoms with E-state index >= 15 is 0 Å². The van der Waals surface area contributed by atoms with Crippen LogP contribution in [0.2, 0.25) is 0 Å². The fourth-order valence-corrected chi connectivity index (χ4v) is 1.47. The molecule has 0 aromatic heterocycles. The molecular weight excluding hydrogens is 190 g/mol. The van der Waals surface area contributed by atoms with Gasteiger partial charge in [-0.15, -0.1) is 0 Å². The lowest BCUT2D eigenvalue weighted by atomic mass is 9.98. The van der Waals surface area contributed by atoms with Gasteiger partial charge in [0.25, 0.3) is 5.91 Å². The van der Waals surface area contributed by atoms with Gasteiger partial charge in [-0.1, -0.05) is 31.5 Å². The van der Waals surface area contributed by atoms with Crippen molar-refractivity contribution < 1.29 is 9.59 Å². The summed E-state index contributed by atoms with van der Waals surface area (Å²) in [5.41, 5.74) is 2.47. The van der Waals surface area contributed by atoms with E-state index in [0.29, 0.717) is 12.0 Å². The molecule has 2 rings (SSSR count). The Balaban J connectivity index is 0.000000531. The third-order valence-electron chi connectivity index (χ3n) is 2.11. The highest BCUT2D eigenvalue weighted by atomic mass is 16.2. The minimum atomic E-state index is -0.282. The zero-order chi connectivity index (χ0) is 11.4. The summed E-state index contributed by atoms with van der Waals surface area (Å²) in [6.45, 7) is 5.92. The Morgan fingerprint density at radius 1 is 1.20 bits per heavy atom. The number of carbonyl (C=O) groups is 2. The van der Waals surface area contributed by atoms with E-state index in [1.165, 1.54) is 0 Å². The minimum absolute atomic E-state index is 0.221. The van der Waals surface area contributed by atoms with Crippen LogP contribution in [0.25, 0.3) is 0 Å². The van der Waals surface area contributed by atoms with Crippen LogP contribution in [0.5, 0.6) is 0 Å². The number of rotatable bonds is 0. The van der Waals surface area contributed by atoms with Crippen LogP contribution in [0.4, 0.5) is 0 Å². The molecule has 1 N–H and O–H groups in total. The summed E-state index contributed by atoms with van der Waals surface area (Å²) < 4.78 is 0. The number of benzene rings is 1. The zero-order valence-electron chi connectivity index (χ0n) is 9.26. The van der Waals surface area contributed by atoms with Gasteiger partial charge < -0.3 is 0 Å². The molecule has 0 aliphatic carbocycles. The van der Waals surface area contributed by atoms with E-state index in [0.717, 1.165) is 11.1 Å². The normalized spacial score (nSPS) is 13.5. The van der Waals surface area contributed by atoms with Gasteiger partial charge in [0.2, 0.25) is 5.91 Å². The van der Waals surface area contributed by atoms with Gasteiger partial charge in [0.15, 0.2) is 0 Å². The Bertz CT molecular complexity index is 397. The van der Waals surface area contributed by atoms with Crippen LogP contribution in [0.15, 0.2) is 18.2 Å². The number of aryl methyl sites for hydroxylation is 1. The van der Waals surface area contributed by atoms with E-state index < -0.39 is 0 Å². The zero-order valence-corrected chi connectivity index (χ0v) is 9.26. The number of amides is 2. The van der Waals surface area contributed by atoms with Crippen LogP contribution in [-0.4, -0.2) is 11.8 Å². The highest BCUT2D eigenvalue weighted by Gasteiger charge is 2.21. The SMILES string of the molecule is CC.Cc1ccc2c(c1)C(=O)NC(=O)C2. The summed E-state index contributed by atoms with van der Waals surface area (Å²) in [6.07, 6.45) is 0.307. The van der Waals surface area contributed by atoms with Gasteiger partial charge in [0.05, 0.1) is 6.42 Å². The van der Waals surface area contributed by atoms with Gasteiger partial charge in [-0.25, -0.2) is 0 Å². The van der Waals surface area contributed by atoms with Crippen LogP contribution in [0.3, 0.4) is 0 Å². The topological polar surface area (TPSA) is 46.2 Å². The Labute approximate surface area is 89.5 Å². The lowest BCUT2D eigenvalue weighted by Crippen LogP contribution is -2.37. The molecule has 0 fully saturated rings.